The molecule has 1 aromatic carbocycles. The van der Waals surface area contributed by atoms with Crippen LogP contribution in [0.15, 0.2) is 22.1 Å². The summed E-state index contributed by atoms with van der Waals surface area (Å²) in [6.07, 6.45) is 0.593. The predicted molar refractivity (Wildman–Crippen MR) is 105 cm³/mol. The second-order valence-electron chi connectivity index (χ2n) is 5.85. The van der Waals surface area contributed by atoms with E-state index in [0.29, 0.717) is 30.3 Å². The van der Waals surface area contributed by atoms with Gasteiger partial charge in [-0.25, -0.2) is 4.99 Å². The largest absolute Gasteiger partial charge is 0.493 e. The van der Waals surface area contributed by atoms with E-state index in [4.69, 9.17) is 30.5 Å². The Morgan fingerprint density at radius 3 is 2.08 bits per heavy atom. The zero-order valence-corrected chi connectivity index (χ0v) is 17.3. The molecule has 0 amide bonds. The van der Waals surface area contributed by atoms with Crippen molar-refractivity contribution in [2.24, 2.45) is 21.5 Å². The van der Waals surface area contributed by atoms with E-state index < -0.39 is 5.66 Å². The van der Waals surface area contributed by atoms with Gasteiger partial charge < -0.3 is 25.7 Å². The van der Waals surface area contributed by atoms with Gasteiger partial charge in [-0.15, -0.1) is 17.0 Å². The summed E-state index contributed by atoms with van der Waals surface area (Å²) in [6, 6.07) is 3.75. The minimum atomic E-state index is -0.731. The highest BCUT2D eigenvalue weighted by atomic mass is 79.9. The second-order valence-corrected chi connectivity index (χ2v) is 5.85. The van der Waals surface area contributed by atoms with Crippen LogP contribution in [0.5, 0.6) is 17.2 Å². The van der Waals surface area contributed by atoms with Crippen molar-refractivity contribution in [1.82, 2.24) is 5.06 Å². The van der Waals surface area contributed by atoms with Crippen LogP contribution in [0.25, 0.3) is 0 Å². The van der Waals surface area contributed by atoms with E-state index in [1.54, 1.807) is 21.3 Å². The highest BCUT2D eigenvalue weighted by molar-refractivity contribution is 8.93. The highest BCUT2D eigenvalue weighted by Crippen LogP contribution is 2.38. The monoisotopic (exact) mass is 431 g/mol. The van der Waals surface area contributed by atoms with Gasteiger partial charge in [-0.2, -0.15) is 10.1 Å². The molecule has 26 heavy (non-hydrogen) atoms. The molecule has 0 saturated carbocycles. The van der Waals surface area contributed by atoms with Gasteiger partial charge in [0.1, 0.15) is 0 Å². The van der Waals surface area contributed by atoms with E-state index in [9.17, 15) is 0 Å². The topological polar surface area (TPSA) is 117 Å². The summed E-state index contributed by atoms with van der Waals surface area (Å²) in [5.41, 5.74) is 11.8. The lowest BCUT2D eigenvalue weighted by molar-refractivity contribution is -0.156. The Morgan fingerprint density at radius 2 is 1.62 bits per heavy atom. The predicted octanol–water partition coefficient (Wildman–Crippen LogP) is 1.45. The van der Waals surface area contributed by atoms with Crippen LogP contribution >= 0.6 is 17.0 Å². The maximum Gasteiger partial charge on any atom is 0.226 e. The molecule has 0 aromatic heterocycles. The molecule has 1 aliphatic rings. The second kappa shape index (κ2) is 8.95. The lowest BCUT2D eigenvalue weighted by Crippen LogP contribution is -2.53. The summed E-state index contributed by atoms with van der Waals surface area (Å²) in [6.45, 7) is 4.02. The minimum Gasteiger partial charge on any atom is -0.493 e. The number of guanidine groups is 2. The number of halogens is 1. The molecule has 2 rings (SSSR count). The molecule has 146 valence electrons. The van der Waals surface area contributed by atoms with E-state index in [2.05, 4.69) is 9.98 Å². The van der Waals surface area contributed by atoms with Crippen LogP contribution < -0.4 is 25.7 Å². The van der Waals surface area contributed by atoms with Crippen molar-refractivity contribution in [2.75, 3.05) is 27.9 Å². The van der Waals surface area contributed by atoms with Gasteiger partial charge in [0.15, 0.2) is 17.2 Å². The molecule has 0 unspecified atom stereocenters. The Hall–Kier alpha value is -2.20. The molecule has 0 atom stereocenters. The van der Waals surface area contributed by atoms with Gasteiger partial charge in [0.25, 0.3) is 0 Å². The van der Waals surface area contributed by atoms with Crippen LogP contribution in [0.3, 0.4) is 0 Å². The number of nitrogens with two attached hydrogens (primary N) is 2. The van der Waals surface area contributed by atoms with E-state index >= 15 is 0 Å². The van der Waals surface area contributed by atoms with Crippen molar-refractivity contribution in [1.29, 1.82) is 0 Å². The molecular weight excluding hydrogens is 406 g/mol. The van der Waals surface area contributed by atoms with Crippen LogP contribution in [0.2, 0.25) is 0 Å². The van der Waals surface area contributed by atoms with Crippen molar-refractivity contribution >= 4 is 28.9 Å². The molecule has 0 fully saturated rings. The fourth-order valence-electron chi connectivity index (χ4n) is 2.55. The first kappa shape index (κ1) is 21.8. The molecule has 1 aromatic rings. The maximum atomic E-state index is 5.89. The zero-order valence-electron chi connectivity index (χ0n) is 15.6. The standard InChI is InChI=1S/C16H25N5O4.BrH/c1-16(2)20-14(17)19-15(18)21(16)25-7-6-10-8-11(22-3)13(24-5)12(9-10)23-4;/h8-9H,6-7H2,1-5H3,(H4,17,18,19,20);1H. The summed E-state index contributed by atoms with van der Waals surface area (Å²) in [4.78, 5) is 13.9. The van der Waals surface area contributed by atoms with Crippen LogP contribution in [0, 0.1) is 0 Å². The van der Waals surface area contributed by atoms with Gasteiger partial charge >= 0.3 is 0 Å². The number of hydroxylamine groups is 2. The molecule has 10 heteroatoms. The zero-order chi connectivity index (χ0) is 18.6. The Morgan fingerprint density at radius 1 is 1.04 bits per heavy atom. The van der Waals surface area contributed by atoms with Gasteiger partial charge in [0, 0.05) is 0 Å². The van der Waals surface area contributed by atoms with Crippen molar-refractivity contribution < 1.29 is 19.0 Å². The van der Waals surface area contributed by atoms with Crippen LogP contribution in [-0.4, -0.2) is 50.6 Å². The number of hydrogen-bond acceptors (Lipinski definition) is 9. The Kier molecular flexibility index (Phi) is 7.52. The first-order valence-electron chi connectivity index (χ1n) is 7.74. The number of ether oxygens (including phenoxy) is 3. The van der Waals surface area contributed by atoms with Gasteiger partial charge in [-0.05, 0) is 38.0 Å². The number of methoxy groups -OCH3 is 3. The van der Waals surface area contributed by atoms with E-state index in [1.165, 1.54) is 5.06 Å². The SMILES string of the molecule is Br.COc1cc(CCON2C(N)=NC(N)=NC2(C)C)cc(OC)c1OC. The molecule has 4 N–H and O–H groups in total. The number of benzene rings is 1. The molecule has 1 aliphatic heterocycles. The summed E-state index contributed by atoms with van der Waals surface area (Å²) in [5.74, 6) is 2.03. The first-order valence-corrected chi connectivity index (χ1v) is 7.74. The fraction of sp³-hybridized carbons (Fsp3) is 0.500. The third-order valence-electron chi connectivity index (χ3n) is 3.66. The molecule has 0 bridgehead atoms. The molecular formula is C16H26BrN5O4. The average Bonchev–Trinajstić information content (AvgIpc) is 2.55. The summed E-state index contributed by atoms with van der Waals surface area (Å²) in [5, 5.41) is 1.45. The Bertz CT molecular complexity index is 668. The summed E-state index contributed by atoms with van der Waals surface area (Å²) < 4.78 is 16.0. The normalized spacial score (nSPS) is 15.5. The lowest BCUT2D eigenvalue weighted by Gasteiger charge is -2.36. The lowest BCUT2D eigenvalue weighted by atomic mass is 10.1. The molecule has 0 saturated heterocycles. The summed E-state index contributed by atoms with van der Waals surface area (Å²) in [7, 11) is 4.72. The van der Waals surface area contributed by atoms with Crippen LogP contribution in [0.4, 0.5) is 0 Å². The highest BCUT2D eigenvalue weighted by Gasteiger charge is 2.33. The number of nitrogens with zero attached hydrogens (tertiary/aromatic N) is 3. The Labute approximate surface area is 163 Å². The minimum absolute atomic E-state index is 0. The molecule has 0 aliphatic carbocycles. The average molecular weight is 432 g/mol. The van der Waals surface area contributed by atoms with Crippen molar-refractivity contribution in [3.05, 3.63) is 17.7 Å². The quantitative estimate of drug-likeness (QED) is 0.670. The van der Waals surface area contributed by atoms with Crippen LogP contribution in [0.1, 0.15) is 19.4 Å². The first-order chi connectivity index (χ1) is 11.8. The fourth-order valence-corrected chi connectivity index (χ4v) is 2.55. The Balaban J connectivity index is 0.00000338. The van der Waals surface area contributed by atoms with E-state index in [1.807, 2.05) is 26.0 Å². The van der Waals surface area contributed by atoms with Crippen molar-refractivity contribution in [3.8, 4) is 17.2 Å². The van der Waals surface area contributed by atoms with Gasteiger partial charge in [0.05, 0.1) is 27.9 Å². The molecule has 1 heterocycles. The number of aliphatic imine (C=N–C) groups is 2. The van der Waals surface area contributed by atoms with E-state index in [-0.39, 0.29) is 28.9 Å². The van der Waals surface area contributed by atoms with E-state index in [0.717, 1.165) is 5.56 Å². The smallest absolute Gasteiger partial charge is 0.226 e. The van der Waals surface area contributed by atoms with Crippen LogP contribution in [-0.2, 0) is 11.3 Å². The number of hydrogen-bond donors (Lipinski definition) is 2. The molecule has 0 spiro atoms. The van der Waals surface area contributed by atoms with Crippen molar-refractivity contribution in [2.45, 2.75) is 25.9 Å². The van der Waals surface area contributed by atoms with Gasteiger partial charge in [-0.1, -0.05) is 0 Å². The summed E-state index contributed by atoms with van der Waals surface area (Å²) >= 11 is 0. The molecule has 0 radical (unpaired) electrons. The van der Waals surface area contributed by atoms with Gasteiger partial charge in [-0.3, -0.25) is 4.84 Å². The third-order valence-corrected chi connectivity index (χ3v) is 3.66. The maximum absolute atomic E-state index is 5.89. The number of rotatable bonds is 7. The van der Waals surface area contributed by atoms with Gasteiger partial charge in [0.2, 0.25) is 17.7 Å². The molecule has 9 nitrogen and oxygen atoms in total. The third kappa shape index (κ3) is 4.70. The van der Waals surface area contributed by atoms with Crippen molar-refractivity contribution in [3.63, 3.8) is 0 Å².